The summed E-state index contributed by atoms with van der Waals surface area (Å²) < 4.78 is 4.98. The number of carbonyl (C=O) groups is 1. The van der Waals surface area contributed by atoms with Crippen LogP contribution in [-0.2, 0) is 4.74 Å². The highest BCUT2D eigenvalue weighted by atomic mass is 16.5. The first kappa shape index (κ1) is 13.5. The fraction of sp³-hybridized carbons (Fsp3) is 0.400. The normalized spacial score (nSPS) is 11.0. The molecule has 0 saturated carbocycles. The van der Waals surface area contributed by atoms with Crippen molar-refractivity contribution in [2.45, 2.75) is 33.6 Å². The molecule has 1 heterocycles. The van der Waals surface area contributed by atoms with E-state index in [1.54, 1.807) is 13.8 Å². The summed E-state index contributed by atoms with van der Waals surface area (Å²) in [6.45, 7) is 8.16. The molecular formula is C15H18N2O2. The van der Waals surface area contributed by atoms with Crippen LogP contribution in [0, 0.1) is 6.92 Å². The van der Waals surface area contributed by atoms with Gasteiger partial charge in [-0.1, -0.05) is 19.9 Å². The van der Waals surface area contributed by atoms with Crippen molar-refractivity contribution in [3.63, 3.8) is 0 Å². The predicted octanol–water partition coefficient (Wildman–Crippen LogP) is 3.24. The summed E-state index contributed by atoms with van der Waals surface area (Å²) in [5.74, 6) is 0.0265. The van der Waals surface area contributed by atoms with Crippen LogP contribution in [0.5, 0.6) is 0 Å². The predicted molar refractivity (Wildman–Crippen MR) is 74.3 cm³/mol. The maximum atomic E-state index is 11.8. The van der Waals surface area contributed by atoms with Crippen molar-refractivity contribution in [2.24, 2.45) is 0 Å². The molecule has 0 N–H and O–H groups in total. The maximum absolute atomic E-state index is 11.8. The number of esters is 1. The summed E-state index contributed by atoms with van der Waals surface area (Å²) in [4.78, 5) is 20.6. The van der Waals surface area contributed by atoms with Gasteiger partial charge in [-0.3, -0.25) is 0 Å². The number of rotatable bonds is 3. The van der Waals surface area contributed by atoms with E-state index < -0.39 is 5.97 Å². The molecule has 0 aliphatic heterocycles. The Balaban J connectivity index is 2.52. The van der Waals surface area contributed by atoms with E-state index in [0.29, 0.717) is 23.9 Å². The van der Waals surface area contributed by atoms with E-state index in [9.17, 15) is 4.79 Å². The van der Waals surface area contributed by atoms with Crippen molar-refractivity contribution in [1.29, 1.82) is 0 Å². The lowest BCUT2D eigenvalue weighted by Gasteiger charge is -2.09. The van der Waals surface area contributed by atoms with Gasteiger partial charge in [0.2, 0.25) is 0 Å². The van der Waals surface area contributed by atoms with Gasteiger partial charge in [0.15, 0.2) is 5.69 Å². The van der Waals surface area contributed by atoms with E-state index in [1.165, 1.54) is 5.56 Å². The number of ether oxygens (including phenoxy) is 1. The molecule has 2 aromatic rings. The molecular weight excluding hydrogens is 240 g/mol. The molecule has 0 aliphatic rings. The number of nitrogens with zero attached hydrogens (tertiary/aromatic N) is 2. The van der Waals surface area contributed by atoms with Gasteiger partial charge in [0.1, 0.15) is 0 Å². The fourth-order valence-electron chi connectivity index (χ4n) is 1.91. The van der Waals surface area contributed by atoms with E-state index in [2.05, 4.69) is 23.8 Å². The molecule has 1 aromatic carbocycles. The SMILES string of the molecule is CCOC(=O)c1nc2ccc(C(C)C)cc2nc1C. The Labute approximate surface area is 112 Å². The minimum Gasteiger partial charge on any atom is -0.461 e. The molecule has 0 amide bonds. The maximum Gasteiger partial charge on any atom is 0.358 e. The Hall–Kier alpha value is -1.97. The smallest absolute Gasteiger partial charge is 0.358 e. The molecule has 0 atom stereocenters. The van der Waals surface area contributed by atoms with Gasteiger partial charge in [-0.2, -0.15) is 0 Å². The van der Waals surface area contributed by atoms with Crippen molar-refractivity contribution in [3.05, 3.63) is 35.2 Å². The topological polar surface area (TPSA) is 52.1 Å². The largest absolute Gasteiger partial charge is 0.461 e. The van der Waals surface area contributed by atoms with E-state index >= 15 is 0 Å². The minimum atomic E-state index is -0.415. The molecule has 0 radical (unpaired) electrons. The molecule has 0 saturated heterocycles. The van der Waals surface area contributed by atoms with Crippen LogP contribution in [0.15, 0.2) is 18.2 Å². The van der Waals surface area contributed by atoms with Crippen LogP contribution in [0.2, 0.25) is 0 Å². The van der Waals surface area contributed by atoms with Crippen LogP contribution >= 0.6 is 0 Å². The molecule has 0 spiro atoms. The van der Waals surface area contributed by atoms with Crippen molar-refractivity contribution >= 4 is 17.0 Å². The Morgan fingerprint density at radius 1 is 1.26 bits per heavy atom. The Kier molecular flexibility index (Phi) is 3.79. The number of hydrogen-bond donors (Lipinski definition) is 0. The zero-order valence-corrected chi connectivity index (χ0v) is 11.7. The number of benzene rings is 1. The summed E-state index contributed by atoms with van der Waals surface area (Å²) >= 11 is 0. The number of carbonyl (C=O) groups excluding carboxylic acids is 1. The summed E-state index contributed by atoms with van der Waals surface area (Å²) in [5, 5.41) is 0. The molecule has 0 unspecified atom stereocenters. The lowest BCUT2D eigenvalue weighted by atomic mass is 10.0. The standard InChI is InChI=1S/C15H18N2O2/c1-5-19-15(18)14-10(4)16-13-8-11(9(2)3)6-7-12(13)17-14/h6-9H,5H2,1-4H3. The molecule has 0 aliphatic carbocycles. The van der Waals surface area contributed by atoms with Gasteiger partial charge in [-0.05, 0) is 37.5 Å². The van der Waals surface area contributed by atoms with Crippen molar-refractivity contribution < 1.29 is 9.53 Å². The first-order valence-corrected chi connectivity index (χ1v) is 6.48. The summed E-state index contributed by atoms with van der Waals surface area (Å²) in [6, 6.07) is 5.95. The monoisotopic (exact) mass is 258 g/mol. The van der Waals surface area contributed by atoms with E-state index in [1.807, 2.05) is 18.2 Å². The minimum absolute atomic E-state index is 0.298. The Bertz CT molecular complexity index is 621. The van der Waals surface area contributed by atoms with Gasteiger partial charge in [-0.25, -0.2) is 14.8 Å². The number of fused-ring (bicyclic) bond motifs is 1. The van der Waals surface area contributed by atoms with Crippen LogP contribution in [0.25, 0.3) is 11.0 Å². The molecule has 0 bridgehead atoms. The average molecular weight is 258 g/mol. The van der Waals surface area contributed by atoms with Gasteiger partial charge < -0.3 is 4.74 Å². The van der Waals surface area contributed by atoms with Crippen LogP contribution in [0.3, 0.4) is 0 Å². The van der Waals surface area contributed by atoms with Gasteiger partial charge in [0.05, 0.1) is 23.3 Å². The number of aryl methyl sites for hydroxylation is 1. The Morgan fingerprint density at radius 2 is 2.00 bits per heavy atom. The van der Waals surface area contributed by atoms with Crippen molar-refractivity contribution in [1.82, 2.24) is 9.97 Å². The van der Waals surface area contributed by atoms with Crippen LogP contribution < -0.4 is 0 Å². The average Bonchev–Trinajstić information content (AvgIpc) is 2.37. The van der Waals surface area contributed by atoms with Gasteiger partial charge >= 0.3 is 5.97 Å². The highest BCUT2D eigenvalue weighted by Gasteiger charge is 2.14. The second-order valence-corrected chi connectivity index (χ2v) is 4.78. The van der Waals surface area contributed by atoms with Crippen LogP contribution in [0.1, 0.15) is 48.4 Å². The van der Waals surface area contributed by atoms with Crippen molar-refractivity contribution in [3.8, 4) is 0 Å². The van der Waals surface area contributed by atoms with Crippen molar-refractivity contribution in [2.75, 3.05) is 6.61 Å². The third-order valence-electron chi connectivity index (χ3n) is 3.00. The highest BCUT2D eigenvalue weighted by Crippen LogP contribution is 2.20. The van der Waals surface area contributed by atoms with Gasteiger partial charge in [-0.15, -0.1) is 0 Å². The third-order valence-corrected chi connectivity index (χ3v) is 3.00. The molecule has 4 nitrogen and oxygen atoms in total. The number of aromatic nitrogens is 2. The second kappa shape index (κ2) is 5.34. The Morgan fingerprint density at radius 3 is 2.63 bits per heavy atom. The quantitative estimate of drug-likeness (QED) is 0.793. The van der Waals surface area contributed by atoms with Gasteiger partial charge in [0.25, 0.3) is 0 Å². The van der Waals surface area contributed by atoms with E-state index in [0.717, 1.165) is 11.0 Å². The highest BCUT2D eigenvalue weighted by molar-refractivity contribution is 5.91. The summed E-state index contributed by atoms with van der Waals surface area (Å²) in [7, 11) is 0. The van der Waals surface area contributed by atoms with E-state index in [4.69, 9.17) is 4.74 Å². The zero-order valence-electron chi connectivity index (χ0n) is 11.7. The zero-order chi connectivity index (χ0) is 14.0. The molecule has 100 valence electrons. The van der Waals surface area contributed by atoms with Crippen LogP contribution in [-0.4, -0.2) is 22.5 Å². The lowest BCUT2D eigenvalue weighted by molar-refractivity contribution is 0.0518. The molecule has 0 fully saturated rings. The molecule has 1 aromatic heterocycles. The molecule has 2 rings (SSSR count). The van der Waals surface area contributed by atoms with Crippen LogP contribution in [0.4, 0.5) is 0 Å². The molecule has 4 heteroatoms. The third kappa shape index (κ3) is 2.72. The first-order chi connectivity index (χ1) is 9.02. The lowest BCUT2D eigenvalue weighted by Crippen LogP contribution is -2.10. The van der Waals surface area contributed by atoms with Gasteiger partial charge in [0, 0.05) is 0 Å². The summed E-state index contributed by atoms with van der Waals surface area (Å²) in [5.41, 5.74) is 3.65. The molecule has 19 heavy (non-hydrogen) atoms. The fourth-order valence-corrected chi connectivity index (χ4v) is 1.91. The summed E-state index contributed by atoms with van der Waals surface area (Å²) in [6.07, 6.45) is 0. The second-order valence-electron chi connectivity index (χ2n) is 4.78. The first-order valence-electron chi connectivity index (χ1n) is 6.48. The number of hydrogen-bond acceptors (Lipinski definition) is 4. The van der Waals surface area contributed by atoms with E-state index in [-0.39, 0.29) is 0 Å².